The Morgan fingerprint density at radius 2 is 2.12 bits per heavy atom. The molecule has 1 aromatic carbocycles. The SMILES string of the molecule is CC(OCC1CCCO1)C(=O)NCC(C(=O)O)c1ccc(F)cc1. The molecule has 1 heterocycles. The molecule has 3 atom stereocenters. The highest BCUT2D eigenvalue weighted by molar-refractivity contribution is 5.82. The number of carboxylic acids is 1. The third-order valence-corrected chi connectivity index (χ3v) is 3.98. The zero-order valence-corrected chi connectivity index (χ0v) is 13.5. The second-order valence-electron chi connectivity index (χ2n) is 5.80. The molecule has 132 valence electrons. The molecule has 2 rings (SSSR count). The van der Waals surface area contributed by atoms with Gasteiger partial charge in [-0.1, -0.05) is 12.1 Å². The van der Waals surface area contributed by atoms with Gasteiger partial charge < -0.3 is 19.9 Å². The van der Waals surface area contributed by atoms with Crippen LogP contribution < -0.4 is 5.32 Å². The van der Waals surface area contributed by atoms with Crippen LogP contribution in [0.4, 0.5) is 4.39 Å². The molecule has 0 spiro atoms. The number of nitrogens with one attached hydrogen (secondary N) is 1. The van der Waals surface area contributed by atoms with Crippen molar-refractivity contribution in [1.29, 1.82) is 0 Å². The fraction of sp³-hybridized carbons (Fsp3) is 0.529. The molecule has 0 saturated carbocycles. The Hall–Kier alpha value is -1.99. The Labute approximate surface area is 139 Å². The molecule has 2 N–H and O–H groups in total. The van der Waals surface area contributed by atoms with Crippen molar-refractivity contribution < 1.29 is 28.6 Å². The Bertz CT molecular complexity index is 557. The monoisotopic (exact) mass is 339 g/mol. The number of carbonyl (C=O) groups is 2. The van der Waals surface area contributed by atoms with E-state index in [9.17, 15) is 19.1 Å². The summed E-state index contributed by atoms with van der Waals surface area (Å²) >= 11 is 0. The molecule has 0 aliphatic carbocycles. The van der Waals surface area contributed by atoms with Crippen molar-refractivity contribution in [3.63, 3.8) is 0 Å². The molecule has 1 saturated heterocycles. The number of aliphatic carboxylic acids is 1. The van der Waals surface area contributed by atoms with Crippen molar-refractivity contribution in [1.82, 2.24) is 5.32 Å². The van der Waals surface area contributed by atoms with Crippen molar-refractivity contribution in [2.45, 2.75) is 37.9 Å². The van der Waals surface area contributed by atoms with Gasteiger partial charge in [0.2, 0.25) is 5.91 Å². The lowest BCUT2D eigenvalue weighted by molar-refractivity contribution is -0.139. The number of carbonyl (C=O) groups excluding carboxylic acids is 1. The van der Waals surface area contributed by atoms with E-state index < -0.39 is 23.8 Å². The Kier molecular flexibility index (Phi) is 6.69. The van der Waals surface area contributed by atoms with Crippen LogP contribution in [-0.4, -0.2) is 48.9 Å². The van der Waals surface area contributed by atoms with Gasteiger partial charge in [-0.3, -0.25) is 9.59 Å². The van der Waals surface area contributed by atoms with Crippen LogP contribution >= 0.6 is 0 Å². The third kappa shape index (κ3) is 5.28. The Morgan fingerprint density at radius 1 is 1.42 bits per heavy atom. The summed E-state index contributed by atoms with van der Waals surface area (Å²) in [5, 5.41) is 11.9. The quantitative estimate of drug-likeness (QED) is 0.753. The third-order valence-electron chi connectivity index (χ3n) is 3.98. The Balaban J connectivity index is 1.82. The van der Waals surface area contributed by atoms with Crippen molar-refractivity contribution in [3.8, 4) is 0 Å². The second kappa shape index (κ2) is 8.75. The van der Waals surface area contributed by atoms with Gasteiger partial charge in [0.25, 0.3) is 0 Å². The van der Waals surface area contributed by atoms with E-state index in [-0.39, 0.29) is 18.6 Å². The number of rotatable bonds is 8. The number of ether oxygens (including phenoxy) is 2. The second-order valence-corrected chi connectivity index (χ2v) is 5.80. The fourth-order valence-corrected chi connectivity index (χ4v) is 2.49. The minimum atomic E-state index is -1.09. The summed E-state index contributed by atoms with van der Waals surface area (Å²) in [7, 11) is 0. The standard InChI is InChI=1S/C17H22FNO5/c1-11(24-10-14-3-2-8-23-14)16(20)19-9-15(17(21)22)12-4-6-13(18)7-5-12/h4-7,11,14-15H,2-3,8-10H2,1H3,(H,19,20)(H,21,22). The van der Waals surface area contributed by atoms with Crippen molar-refractivity contribution >= 4 is 11.9 Å². The summed E-state index contributed by atoms with van der Waals surface area (Å²) in [5.41, 5.74) is 0.428. The van der Waals surface area contributed by atoms with Crippen molar-refractivity contribution in [2.24, 2.45) is 0 Å². The van der Waals surface area contributed by atoms with Crippen LogP contribution in [0.2, 0.25) is 0 Å². The van der Waals surface area contributed by atoms with Crippen LogP contribution in [-0.2, 0) is 19.1 Å². The normalized spacial score (nSPS) is 19.7. The molecule has 7 heteroatoms. The first-order valence-electron chi connectivity index (χ1n) is 7.96. The van der Waals surface area contributed by atoms with E-state index in [2.05, 4.69) is 5.32 Å². The van der Waals surface area contributed by atoms with Gasteiger partial charge in [-0.2, -0.15) is 0 Å². The topological polar surface area (TPSA) is 84.9 Å². The van der Waals surface area contributed by atoms with Crippen molar-refractivity contribution in [2.75, 3.05) is 19.8 Å². The average molecular weight is 339 g/mol. The minimum absolute atomic E-state index is 0.0197. The van der Waals surface area contributed by atoms with E-state index in [4.69, 9.17) is 9.47 Å². The summed E-state index contributed by atoms with van der Waals surface area (Å²) in [6, 6.07) is 5.19. The molecular weight excluding hydrogens is 317 g/mol. The molecule has 6 nitrogen and oxygen atoms in total. The zero-order valence-electron chi connectivity index (χ0n) is 13.5. The van der Waals surface area contributed by atoms with E-state index in [1.807, 2.05) is 0 Å². The number of hydrogen-bond donors (Lipinski definition) is 2. The average Bonchev–Trinajstić information content (AvgIpc) is 3.07. The smallest absolute Gasteiger partial charge is 0.312 e. The van der Waals surface area contributed by atoms with E-state index in [1.165, 1.54) is 24.3 Å². The highest BCUT2D eigenvalue weighted by Crippen LogP contribution is 2.16. The number of halogens is 1. The van der Waals surface area contributed by atoms with Gasteiger partial charge in [0.15, 0.2) is 0 Å². The summed E-state index contributed by atoms with van der Waals surface area (Å²) in [6.45, 7) is 2.58. The lowest BCUT2D eigenvalue weighted by atomic mass is 9.99. The van der Waals surface area contributed by atoms with E-state index in [0.29, 0.717) is 18.8 Å². The molecule has 1 aliphatic heterocycles. The van der Waals surface area contributed by atoms with Crippen LogP contribution in [0.25, 0.3) is 0 Å². The van der Waals surface area contributed by atoms with Crippen molar-refractivity contribution in [3.05, 3.63) is 35.6 Å². The molecule has 0 aromatic heterocycles. The van der Waals surface area contributed by atoms with Gasteiger partial charge in [-0.15, -0.1) is 0 Å². The van der Waals surface area contributed by atoms with Crippen LogP contribution in [0.1, 0.15) is 31.2 Å². The zero-order chi connectivity index (χ0) is 17.5. The summed E-state index contributed by atoms with van der Waals surface area (Å²) < 4.78 is 23.8. The first-order valence-corrected chi connectivity index (χ1v) is 7.96. The number of hydrogen-bond acceptors (Lipinski definition) is 4. The molecule has 1 aliphatic rings. The maximum atomic E-state index is 12.9. The largest absolute Gasteiger partial charge is 0.481 e. The minimum Gasteiger partial charge on any atom is -0.481 e. The molecule has 0 radical (unpaired) electrons. The van der Waals surface area contributed by atoms with Crippen LogP contribution in [0.15, 0.2) is 24.3 Å². The molecule has 0 bridgehead atoms. The van der Waals surface area contributed by atoms with Gasteiger partial charge in [-0.05, 0) is 37.5 Å². The van der Waals surface area contributed by atoms with Gasteiger partial charge >= 0.3 is 5.97 Å². The molecule has 24 heavy (non-hydrogen) atoms. The number of amides is 1. The predicted molar refractivity (Wildman–Crippen MR) is 84.2 cm³/mol. The lowest BCUT2D eigenvalue weighted by Gasteiger charge is -2.18. The van der Waals surface area contributed by atoms with Gasteiger partial charge in [0.05, 0.1) is 18.6 Å². The maximum absolute atomic E-state index is 12.9. The molecule has 1 amide bonds. The fourth-order valence-electron chi connectivity index (χ4n) is 2.49. The number of benzene rings is 1. The molecule has 1 fully saturated rings. The molecule has 3 unspecified atom stereocenters. The predicted octanol–water partition coefficient (Wildman–Crippen LogP) is 1.69. The maximum Gasteiger partial charge on any atom is 0.312 e. The highest BCUT2D eigenvalue weighted by atomic mass is 19.1. The van der Waals surface area contributed by atoms with E-state index in [0.717, 1.165) is 12.8 Å². The first-order chi connectivity index (χ1) is 11.5. The summed E-state index contributed by atoms with van der Waals surface area (Å²) in [5.74, 6) is -2.86. The highest BCUT2D eigenvalue weighted by Gasteiger charge is 2.23. The molecular formula is C17H22FNO5. The van der Waals surface area contributed by atoms with E-state index in [1.54, 1.807) is 6.92 Å². The number of carboxylic acid groups (broad SMARTS) is 1. The van der Waals surface area contributed by atoms with Gasteiger partial charge in [0.1, 0.15) is 11.9 Å². The van der Waals surface area contributed by atoms with Gasteiger partial charge in [0, 0.05) is 13.2 Å². The van der Waals surface area contributed by atoms with E-state index >= 15 is 0 Å². The van der Waals surface area contributed by atoms with Crippen LogP contribution in [0.3, 0.4) is 0 Å². The van der Waals surface area contributed by atoms with Crippen LogP contribution in [0, 0.1) is 5.82 Å². The summed E-state index contributed by atoms with van der Waals surface area (Å²) in [4.78, 5) is 23.4. The van der Waals surface area contributed by atoms with Crippen LogP contribution in [0.5, 0.6) is 0 Å². The summed E-state index contributed by atoms with van der Waals surface area (Å²) in [6.07, 6.45) is 1.23. The molecule has 1 aromatic rings. The lowest BCUT2D eigenvalue weighted by Crippen LogP contribution is -2.39. The first kappa shape index (κ1) is 18.4. The Morgan fingerprint density at radius 3 is 2.71 bits per heavy atom. The van der Waals surface area contributed by atoms with Gasteiger partial charge in [-0.25, -0.2) is 4.39 Å².